The number of aromatic amines is 1. The van der Waals surface area contributed by atoms with Gasteiger partial charge in [0.05, 0.1) is 6.20 Å². The van der Waals surface area contributed by atoms with Crippen molar-refractivity contribution in [2.75, 3.05) is 13.1 Å². The summed E-state index contributed by atoms with van der Waals surface area (Å²) in [5, 5.41) is 10.0. The Labute approximate surface area is 65.5 Å². The van der Waals surface area contributed by atoms with Crippen LogP contribution in [0.15, 0.2) is 18.5 Å². The van der Waals surface area contributed by atoms with Gasteiger partial charge >= 0.3 is 0 Å². The second-order valence-corrected chi connectivity index (χ2v) is 2.68. The van der Waals surface area contributed by atoms with Crippen LogP contribution >= 0.6 is 0 Å². The summed E-state index contributed by atoms with van der Waals surface area (Å²) < 4.78 is 0. The van der Waals surface area contributed by atoms with E-state index in [4.69, 9.17) is 0 Å². The zero-order valence-corrected chi connectivity index (χ0v) is 6.30. The van der Waals surface area contributed by atoms with Gasteiger partial charge in [0, 0.05) is 18.3 Å². The molecule has 2 N–H and O–H groups in total. The Morgan fingerprint density at radius 3 is 3.09 bits per heavy atom. The van der Waals surface area contributed by atoms with Crippen molar-refractivity contribution in [3.8, 4) is 0 Å². The zero-order valence-electron chi connectivity index (χ0n) is 6.30. The lowest BCUT2D eigenvalue weighted by Gasteiger charge is -2.11. The highest BCUT2D eigenvalue weighted by Gasteiger charge is 2.04. The molecule has 3 heteroatoms. The summed E-state index contributed by atoms with van der Waals surface area (Å²) in [5.41, 5.74) is 2.56. The SMILES string of the molecule is C1=C(c2cn[nH]c2)CNCC1. The number of hydrogen-bond donors (Lipinski definition) is 2. The van der Waals surface area contributed by atoms with E-state index in [0.717, 1.165) is 19.5 Å². The highest BCUT2D eigenvalue weighted by molar-refractivity contribution is 5.66. The second-order valence-electron chi connectivity index (χ2n) is 2.68. The van der Waals surface area contributed by atoms with E-state index < -0.39 is 0 Å². The van der Waals surface area contributed by atoms with Crippen molar-refractivity contribution in [1.82, 2.24) is 15.5 Å². The summed E-state index contributed by atoms with van der Waals surface area (Å²) in [5.74, 6) is 0. The van der Waals surface area contributed by atoms with Crippen LogP contribution in [-0.4, -0.2) is 23.3 Å². The van der Waals surface area contributed by atoms with Crippen molar-refractivity contribution >= 4 is 5.57 Å². The van der Waals surface area contributed by atoms with Crippen molar-refractivity contribution < 1.29 is 0 Å². The fraction of sp³-hybridized carbons (Fsp3) is 0.375. The van der Waals surface area contributed by atoms with E-state index in [9.17, 15) is 0 Å². The number of nitrogens with one attached hydrogen (secondary N) is 2. The Morgan fingerprint density at radius 1 is 1.45 bits per heavy atom. The maximum Gasteiger partial charge on any atom is 0.0562 e. The van der Waals surface area contributed by atoms with Crippen LogP contribution in [0.25, 0.3) is 5.57 Å². The third-order valence-corrected chi connectivity index (χ3v) is 1.90. The standard InChI is InChI=1S/C8H11N3/c1-2-7(4-9-3-1)8-5-10-11-6-8/h2,5-6,9H,1,3-4H2,(H,10,11). The maximum atomic E-state index is 3.90. The Kier molecular flexibility index (Phi) is 1.73. The van der Waals surface area contributed by atoms with Crippen LogP contribution in [0, 0.1) is 0 Å². The molecular formula is C8H11N3. The van der Waals surface area contributed by atoms with Crippen molar-refractivity contribution in [3.05, 3.63) is 24.0 Å². The van der Waals surface area contributed by atoms with E-state index in [1.54, 1.807) is 0 Å². The molecule has 2 rings (SSSR count). The smallest absolute Gasteiger partial charge is 0.0562 e. The summed E-state index contributed by atoms with van der Waals surface area (Å²) in [6.45, 7) is 2.07. The molecule has 1 aromatic heterocycles. The van der Waals surface area contributed by atoms with Gasteiger partial charge in [-0.25, -0.2) is 0 Å². The zero-order chi connectivity index (χ0) is 7.52. The summed E-state index contributed by atoms with van der Waals surface area (Å²) in [6, 6.07) is 0. The Bertz CT molecular complexity index is 248. The Balaban J connectivity index is 2.22. The molecule has 0 spiro atoms. The molecule has 0 radical (unpaired) electrons. The van der Waals surface area contributed by atoms with Crippen LogP contribution in [-0.2, 0) is 0 Å². The highest BCUT2D eigenvalue weighted by Crippen LogP contribution is 2.13. The molecule has 1 aliphatic rings. The van der Waals surface area contributed by atoms with E-state index in [2.05, 4.69) is 21.6 Å². The van der Waals surface area contributed by atoms with E-state index in [-0.39, 0.29) is 0 Å². The van der Waals surface area contributed by atoms with Crippen molar-refractivity contribution in [1.29, 1.82) is 0 Å². The topological polar surface area (TPSA) is 40.7 Å². The maximum absolute atomic E-state index is 3.90. The molecule has 11 heavy (non-hydrogen) atoms. The normalized spacial score (nSPS) is 18.0. The van der Waals surface area contributed by atoms with Crippen LogP contribution in [0.2, 0.25) is 0 Å². The number of rotatable bonds is 1. The first-order chi connectivity index (χ1) is 5.47. The van der Waals surface area contributed by atoms with Crippen molar-refractivity contribution in [3.63, 3.8) is 0 Å². The molecule has 1 aromatic rings. The molecule has 0 atom stereocenters. The fourth-order valence-corrected chi connectivity index (χ4v) is 1.29. The molecule has 0 amide bonds. The van der Waals surface area contributed by atoms with Gasteiger partial charge in [0.1, 0.15) is 0 Å². The molecule has 2 heterocycles. The summed E-state index contributed by atoms with van der Waals surface area (Å²) in [7, 11) is 0. The number of nitrogens with zero attached hydrogens (tertiary/aromatic N) is 1. The van der Waals surface area contributed by atoms with Crippen molar-refractivity contribution in [2.45, 2.75) is 6.42 Å². The van der Waals surface area contributed by atoms with Gasteiger partial charge in [-0.15, -0.1) is 0 Å². The molecule has 1 aliphatic heterocycles. The third kappa shape index (κ3) is 1.33. The fourth-order valence-electron chi connectivity index (χ4n) is 1.29. The van der Waals surface area contributed by atoms with Gasteiger partial charge < -0.3 is 5.32 Å². The lowest BCUT2D eigenvalue weighted by Crippen LogP contribution is -2.21. The van der Waals surface area contributed by atoms with Gasteiger partial charge in [-0.3, -0.25) is 5.10 Å². The van der Waals surface area contributed by atoms with Gasteiger partial charge in [-0.05, 0) is 18.5 Å². The van der Waals surface area contributed by atoms with Crippen LogP contribution < -0.4 is 5.32 Å². The molecule has 0 aliphatic carbocycles. The van der Waals surface area contributed by atoms with Gasteiger partial charge in [0.15, 0.2) is 0 Å². The number of H-pyrrole nitrogens is 1. The molecular weight excluding hydrogens is 138 g/mol. The van der Waals surface area contributed by atoms with E-state index >= 15 is 0 Å². The number of aromatic nitrogens is 2. The molecule has 0 saturated heterocycles. The van der Waals surface area contributed by atoms with E-state index in [0.29, 0.717) is 0 Å². The minimum atomic E-state index is 0.972. The Hall–Kier alpha value is -1.09. The second kappa shape index (κ2) is 2.88. The van der Waals surface area contributed by atoms with Crippen LogP contribution in [0.3, 0.4) is 0 Å². The summed E-state index contributed by atoms with van der Waals surface area (Å²) >= 11 is 0. The molecule has 0 fully saturated rings. The highest BCUT2D eigenvalue weighted by atomic mass is 15.1. The minimum absolute atomic E-state index is 0.972. The first-order valence-electron chi connectivity index (χ1n) is 3.86. The largest absolute Gasteiger partial charge is 0.312 e. The molecule has 0 saturated carbocycles. The first-order valence-corrected chi connectivity index (χ1v) is 3.86. The Morgan fingerprint density at radius 2 is 2.45 bits per heavy atom. The molecule has 58 valence electrons. The van der Waals surface area contributed by atoms with E-state index in [1.165, 1.54) is 11.1 Å². The molecule has 0 aromatic carbocycles. The molecule has 3 nitrogen and oxygen atoms in total. The van der Waals surface area contributed by atoms with Gasteiger partial charge in [-0.2, -0.15) is 5.10 Å². The average molecular weight is 149 g/mol. The van der Waals surface area contributed by atoms with Gasteiger partial charge in [-0.1, -0.05) is 6.08 Å². The van der Waals surface area contributed by atoms with Crippen LogP contribution in [0.5, 0.6) is 0 Å². The van der Waals surface area contributed by atoms with Gasteiger partial charge in [0.2, 0.25) is 0 Å². The molecule has 0 bridgehead atoms. The molecule has 0 unspecified atom stereocenters. The third-order valence-electron chi connectivity index (χ3n) is 1.90. The lowest BCUT2D eigenvalue weighted by molar-refractivity contribution is 0.739. The van der Waals surface area contributed by atoms with E-state index in [1.807, 2.05) is 12.4 Å². The first kappa shape index (κ1) is 6.61. The van der Waals surface area contributed by atoms with Crippen molar-refractivity contribution in [2.24, 2.45) is 0 Å². The average Bonchev–Trinajstić information content (AvgIpc) is 2.58. The summed E-state index contributed by atoms with van der Waals surface area (Å²) in [4.78, 5) is 0. The van der Waals surface area contributed by atoms with Crippen LogP contribution in [0.1, 0.15) is 12.0 Å². The van der Waals surface area contributed by atoms with Gasteiger partial charge in [0.25, 0.3) is 0 Å². The summed E-state index contributed by atoms with van der Waals surface area (Å²) in [6.07, 6.45) is 7.18. The van der Waals surface area contributed by atoms with Crippen LogP contribution in [0.4, 0.5) is 0 Å². The number of hydrogen-bond acceptors (Lipinski definition) is 2. The predicted octanol–water partition coefficient (Wildman–Crippen LogP) is 0.786. The predicted molar refractivity (Wildman–Crippen MR) is 44.1 cm³/mol. The quantitative estimate of drug-likeness (QED) is 0.619. The monoisotopic (exact) mass is 149 g/mol. The lowest BCUT2D eigenvalue weighted by atomic mass is 10.1. The minimum Gasteiger partial charge on any atom is -0.312 e.